The van der Waals surface area contributed by atoms with Crippen molar-refractivity contribution in [1.29, 1.82) is 0 Å². The molecular formula is C16H23FN2O. The standard InChI is InChI=1S/C16H23FN2O/c1-2-20-12-4-3-8-18-9-11-19-10-7-14-13-15(17)5-6-16(14)19/h5-7,10,13,18H,2-4,8-9,11-12H2,1H3. The monoisotopic (exact) mass is 278 g/mol. The maximum absolute atomic E-state index is 13.1. The third-order valence-electron chi connectivity index (χ3n) is 3.36. The minimum Gasteiger partial charge on any atom is -0.382 e. The van der Waals surface area contributed by atoms with Crippen LogP contribution in [0, 0.1) is 5.82 Å². The number of aromatic nitrogens is 1. The highest BCUT2D eigenvalue weighted by atomic mass is 19.1. The lowest BCUT2D eigenvalue weighted by Gasteiger charge is -2.07. The lowest BCUT2D eigenvalue weighted by atomic mass is 10.2. The quantitative estimate of drug-likeness (QED) is 0.713. The fraction of sp³-hybridized carbons (Fsp3) is 0.500. The van der Waals surface area contributed by atoms with Crippen molar-refractivity contribution in [2.75, 3.05) is 26.3 Å². The number of fused-ring (bicyclic) bond motifs is 1. The first-order chi connectivity index (χ1) is 9.81. The number of unbranched alkanes of at least 4 members (excludes halogenated alkanes) is 1. The Morgan fingerprint density at radius 1 is 1.20 bits per heavy atom. The van der Waals surface area contributed by atoms with Gasteiger partial charge in [-0.2, -0.15) is 0 Å². The van der Waals surface area contributed by atoms with Crippen LogP contribution in [-0.2, 0) is 11.3 Å². The van der Waals surface area contributed by atoms with Gasteiger partial charge in [0, 0.05) is 43.4 Å². The summed E-state index contributed by atoms with van der Waals surface area (Å²) in [5.74, 6) is -0.178. The van der Waals surface area contributed by atoms with Crippen LogP contribution in [0.4, 0.5) is 4.39 Å². The molecule has 0 saturated carbocycles. The molecule has 110 valence electrons. The number of hydrogen-bond donors (Lipinski definition) is 1. The van der Waals surface area contributed by atoms with Crippen molar-refractivity contribution in [2.24, 2.45) is 0 Å². The van der Waals surface area contributed by atoms with Crippen molar-refractivity contribution in [2.45, 2.75) is 26.3 Å². The van der Waals surface area contributed by atoms with Crippen LogP contribution in [-0.4, -0.2) is 30.9 Å². The van der Waals surface area contributed by atoms with E-state index in [1.807, 2.05) is 25.3 Å². The summed E-state index contributed by atoms with van der Waals surface area (Å²) in [5.41, 5.74) is 1.09. The molecule has 0 saturated heterocycles. The predicted octanol–water partition coefficient (Wildman–Crippen LogP) is 3.19. The highest BCUT2D eigenvalue weighted by Crippen LogP contribution is 2.16. The van der Waals surface area contributed by atoms with E-state index in [2.05, 4.69) is 9.88 Å². The van der Waals surface area contributed by atoms with E-state index in [1.54, 1.807) is 6.07 Å². The van der Waals surface area contributed by atoms with Gasteiger partial charge in [-0.1, -0.05) is 0 Å². The number of nitrogens with zero attached hydrogens (tertiary/aromatic N) is 1. The van der Waals surface area contributed by atoms with Crippen molar-refractivity contribution in [3.8, 4) is 0 Å². The van der Waals surface area contributed by atoms with Crippen molar-refractivity contribution in [1.82, 2.24) is 9.88 Å². The van der Waals surface area contributed by atoms with Gasteiger partial charge in [0.1, 0.15) is 5.82 Å². The average molecular weight is 278 g/mol. The van der Waals surface area contributed by atoms with Gasteiger partial charge in [0.15, 0.2) is 0 Å². The summed E-state index contributed by atoms with van der Waals surface area (Å²) in [7, 11) is 0. The van der Waals surface area contributed by atoms with Crippen LogP contribution in [0.5, 0.6) is 0 Å². The highest BCUT2D eigenvalue weighted by Gasteiger charge is 2.01. The van der Waals surface area contributed by atoms with Gasteiger partial charge in [0.2, 0.25) is 0 Å². The lowest BCUT2D eigenvalue weighted by Crippen LogP contribution is -2.21. The largest absolute Gasteiger partial charge is 0.382 e. The van der Waals surface area contributed by atoms with E-state index in [-0.39, 0.29) is 5.82 Å². The average Bonchev–Trinajstić information content (AvgIpc) is 2.84. The van der Waals surface area contributed by atoms with Crippen molar-refractivity contribution >= 4 is 10.9 Å². The Morgan fingerprint density at radius 2 is 2.10 bits per heavy atom. The summed E-state index contributed by atoms with van der Waals surface area (Å²) in [5, 5.41) is 4.39. The van der Waals surface area contributed by atoms with Crippen LogP contribution >= 0.6 is 0 Å². The van der Waals surface area contributed by atoms with Crippen LogP contribution in [0.1, 0.15) is 19.8 Å². The molecule has 1 heterocycles. The maximum Gasteiger partial charge on any atom is 0.123 e. The summed E-state index contributed by atoms with van der Waals surface area (Å²) < 4.78 is 20.5. The molecule has 0 bridgehead atoms. The van der Waals surface area contributed by atoms with Crippen molar-refractivity contribution in [3.63, 3.8) is 0 Å². The van der Waals surface area contributed by atoms with E-state index in [1.165, 1.54) is 6.07 Å². The molecule has 0 fully saturated rings. The smallest absolute Gasteiger partial charge is 0.123 e. The fourth-order valence-corrected chi connectivity index (χ4v) is 2.29. The van der Waals surface area contributed by atoms with Crippen LogP contribution in [0.15, 0.2) is 30.5 Å². The van der Waals surface area contributed by atoms with E-state index in [0.29, 0.717) is 0 Å². The van der Waals surface area contributed by atoms with Gasteiger partial charge in [0.05, 0.1) is 0 Å². The third kappa shape index (κ3) is 4.32. The number of ether oxygens (including phenoxy) is 1. The zero-order valence-corrected chi connectivity index (χ0v) is 12.1. The third-order valence-corrected chi connectivity index (χ3v) is 3.36. The van der Waals surface area contributed by atoms with E-state index < -0.39 is 0 Å². The number of benzene rings is 1. The summed E-state index contributed by atoms with van der Waals surface area (Å²) in [6.45, 7) is 6.52. The molecule has 0 unspecified atom stereocenters. The van der Waals surface area contributed by atoms with E-state index in [4.69, 9.17) is 4.74 Å². The Morgan fingerprint density at radius 3 is 2.95 bits per heavy atom. The van der Waals surface area contributed by atoms with E-state index in [0.717, 1.165) is 56.6 Å². The second-order valence-electron chi connectivity index (χ2n) is 4.87. The Hall–Kier alpha value is -1.39. The van der Waals surface area contributed by atoms with Crippen LogP contribution < -0.4 is 5.32 Å². The number of rotatable bonds is 9. The molecule has 0 atom stereocenters. The Balaban J connectivity index is 1.68. The van der Waals surface area contributed by atoms with Gasteiger partial charge in [-0.15, -0.1) is 0 Å². The second kappa shape index (κ2) is 8.02. The number of hydrogen-bond acceptors (Lipinski definition) is 2. The zero-order valence-electron chi connectivity index (χ0n) is 12.1. The summed E-state index contributed by atoms with van der Waals surface area (Å²) >= 11 is 0. The molecule has 0 aliphatic carbocycles. The SMILES string of the molecule is CCOCCCCNCCn1ccc2cc(F)ccc21. The number of halogens is 1. The lowest BCUT2D eigenvalue weighted by molar-refractivity contribution is 0.143. The first-order valence-electron chi connectivity index (χ1n) is 7.34. The number of nitrogens with one attached hydrogen (secondary N) is 1. The van der Waals surface area contributed by atoms with E-state index in [9.17, 15) is 4.39 Å². The molecule has 0 spiro atoms. The first kappa shape index (κ1) is 15.0. The predicted molar refractivity (Wildman–Crippen MR) is 80.5 cm³/mol. The molecule has 4 heteroatoms. The van der Waals surface area contributed by atoms with Gasteiger partial charge in [-0.25, -0.2) is 4.39 Å². The topological polar surface area (TPSA) is 26.2 Å². The first-order valence-corrected chi connectivity index (χ1v) is 7.34. The molecule has 2 rings (SSSR count). The normalized spacial score (nSPS) is 11.3. The maximum atomic E-state index is 13.1. The van der Waals surface area contributed by atoms with Crippen molar-refractivity contribution in [3.05, 3.63) is 36.3 Å². The van der Waals surface area contributed by atoms with Crippen LogP contribution in [0.3, 0.4) is 0 Å². The minimum atomic E-state index is -0.178. The van der Waals surface area contributed by atoms with Gasteiger partial charge in [-0.05, 0) is 50.6 Å². The van der Waals surface area contributed by atoms with Crippen molar-refractivity contribution < 1.29 is 9.13 Å². The molecule has 0 amide bonds. The summed E-state index contributed by atoms with van der Waals surface area (Å²) in [6.07, 6.45) is 4.26. The van der Waals surface area contributed by atoms with Gasteiger partial charge < -0.3 is 14.6 Å². The second-order valence-corrected chi connectivity index (χ2v) is 4.87. The molecule has 1 aromatic heterocycles. The van der Waals surface area contributed by atoms with E-state index >= 15 is 0 Å². The Kier molecular flexibility index (Phi) is 6.02. The molecule has 0 radical (unpaired) electrons. The van der Waals surface area contributed by atoms with Gasteiger partial charge in [-0.3, -0.25) is 0 Å². The summed E-state index contributed by atoms with van der Waals surface area (Å²) in [6, 6.07) is 6.89. The molecule has 2 aromatic rings. The Labute approximate surface area is 119 Å². The highest BCUT2D eigenvalue weighted by molar-refractivity contribution is 5.80. The van der Waals surface area contributed by atoms with Crippen LogP contribution in [0.25, 0.3) is 10.9 Å². The molecule has 1 N–H and O–H groups in total. The molecule has 3 nitrogen and oxygen atoms in total. The zero-order chi connectivity index (χ0) is 14.2. The summed E-state index contributed by atoms with van der Waals surface area (Å²) in [4.78, 5) is 0. The molecule has 0 aliphatic rings. The minimum absolute atomic E-state index is 0.178. The molecular weight excluding hydrogens is 255 g/mol. The Bertz CT molecular complexity index is 524. The molecule has 0 aliphatic heterocycles. The fourth-order valence-electron chi connectivity index (χ4n) is 2.29. The van der Waals surface area contributed by atoms with Crippen LogP contribution in [0.2, 0.25) is 0 Å². The van der Waals surface area contributed by atoms with Gasteiger partial charge in [0.25, 0.3) is 0 Å². The molecule has 1 aromatic carbocycles. The van der Waals surface area contributed by atoms with Gasteiger partial charge >= 0.3 is 0 Å². The molecule has 20 heavy (non-hydrogen) atoms.